The molecule has 7 nitrogen and oxygen atoms in total. The number of halogens is 1. The molecule has 36 heavy (non-hydrogen) atoms. The Bertz CT molecular complexity index is 1730. The summed E-state index contributed by atoms with van der Waals surface area (Å²) in [6.45, 7) is 1.75. The number of aryl methyl sites for hydroxylation is 1. The van der Waals surface area contributed by atoms with Gasteiger partial charge in [-0.1, -0.05) is 35.5 Å². The van der Waals surface area contributed by atoms with Crippen molar-refractivity contribution in [3.63, 3.8) is 0 Å². The second kappa shape index (κ2) is 9.34. The zero-order valence-electron chi connectivity index (χ0n) is 18.8. The molecule has 5 rings (SSSR count). The van der Waals surface area contributed by atoms with Gasteiger partial charge >= 0.3 is 0 Å². The summed E-state index contributed by atoms with van der Waals surface area (Å²) in [5.74, 6) is 1.43. The van der Waals surface area contributed by atoms with E-state index >= 15 is 0 Å². The predicted molar refractivity (Wildman–Crippen MR) is 136 cm³/mol. The number of terminal acetylenes is 1. The van der Waals surface area contributed by atoms with Crippen LogP contribution in [-0.4, -0.2) is 25.8 Å². The molecule has 0 radical (unpaired) electrons. The van der Waals surface area contributed by atoms with Crippen LogP contribution >= 0.6 is 11.3 Å². The Labute approximate surface area is 209 Å². The second-order valence-corrected chi connectivity index (χ2v) is 8.70. The first kappa shape index (κ1) is 22.8. The number of pyridine rings is 1. The van der Waals surface area contributed by atoms with Crippen LogP contribution in [0.3, 0.4) is 0 Å². The van der Waals surface area contributed by atoms with Gasteiger partial charge in [-0.15, -0.1) is 6.42 Å². The van der Waals surface area contributed by atoms with Gasteiger partial charge in [0.15, 0.2) is 15.6 Å². The Hall–Kier alpha value is -4.99. The van der Waals surface area contributed by atoms with Gasteiger partial charge in [-0.3, -0.25) is 15.1 Å². The average Bonchev–Trinajstić information content (AvgIpc) is 3.29. The molecule has 172 valence electrons. The molecule has 0 fully saturated rings. The zero-order chi connectivity index (χ0) is 25.2. The minimum absolute atomic E-state index is 0.153. The van der Waals surface area contributed by atoms with Crippen LogP contribution in [0.15, 0.2) is 60.9 Å². The van der Waals surface area contributed by atoms with Gasteiger partial charge in [0, 0.05) is 34.1 Å². The highest BCUT2D eigenvalue weighted by Gasteiger charge is 2.20. The fourth-order valence-corrected chi connectivity index (χ4v) is 4.45. The van der Waals surface area contributed by atoms with Crippen LogP contribution in [0.1, 0.15) is 27.2 Å². The highest BCUT2D eigenvalue weighted by Crippen LogP contribution is 2.31. The van der Waals surface area contributed by atoms with Gasteiger partial charge in [0.2, 0.25) is 0 Å². The Morgan fingerprint density at radius 1 is 1.11 bits per heavy atom. The van der Waals surface area contributed by atoms with Gasteiger partial charge < -0.3 is 0 Å². The highest BCUT2D eigenvalue weighted by atomic mass is 32.1. The van der Waals surface area contributed by atoms with Crippen molar-refractivity contribution in [3.05, 3.63) is 89.1 Å². The fourth-order valence-electron chi connectivity index (χ4n) is 3.66. The number of aromatic nitrogens is 4. The third-order valence-electron chi connectivity index (χ3n) is 5.38. The minimum Gasteiger partial charge on any atom is -0.298 e. The lowest BCUT2D eigenvalue weighted by molar-refractivity contribution is 0.102. The Morgan fingerprint density at radius 3 is 2.67 bits per heavy atom. The lowest BCUT2D eigenvalue weighted by Crippen LogP contribution is -2.14. The van der Waals surface area contributed by atoms with Crippen LogP contribution in [0.25, 0.3) is 32.9 Å². The molecular formula is C27H15FN6OS. The predicted octanol–water partition coefficient (Wildman–Crippen LogP) is 5.37. The fraction of sp³-hybridized carbons (Fsp3) is 0.0370. The van der Waals surface area contributed by atoms with Crippen LogP contribution in [0.2, 0.25) is 0 Å². The van der Waals surface area contributed by atoms with Gasteiger partial charge in [-0.2, -0.15) is 10.2 Å². The summed E-state index contributed by atoms with van der Waals surface area (Å²) in [5.41, 5.74) is 3.92. The maximum Gasteiger partial charge on any atom is 0.259 e. The zero-order valence-corrected chi connectivity index (χ0v) is 19.6. The number of thiazole rings is 1. The standard InChI is InChI=1S/C27H15FN6OS/c1-3-17-5-4-6-21(28)23(17)19-11-15(2)30-13-20(19)25(35)34-27-33-24-26(36-27)32-22(14-31-24)18-9-7-16(12-29)8-10-18/h1,4-11,13-14H,2H3,(H,31,33,34,35). The summed E-state index contributed by atoms with van der Waals surface area (Å²) in [5, 5.41) is 12.0. The van der Waals surface area contributed by atoms with Gasteiger partial charge in [0.1, 0.15) is 5.82 Å². The van der Waals surface area contributed by atoms with Crippen LogP contribution in [0.4, 0.5) is 9.52 Å². The summed E-state index contributed by atoms with van der Waals surface area (Å²) in [4.78, 5) is 31.3. The van der Waals surface area contributed by atoms with Crippen LogP contribution in [0.5, 0.6) is 0 Å². The molecule has 1 amide bonds. The summed E-state index contributed by atoms with van der Waals surface area (Å²) in [7, 11) is 0. The smallest absolute Gasteiger partial charge is 0.259 e. The minimum atomic E-state index is -0.534. The van der Waals surface area contributed by atoms with Gasteiger partial charge in [0.05, 0.1) is 29.1 Å². The van der Waals surface area contributed by atoms with Crippen molar-refractivity contribution in [2.24, 2.45) is 0 Å². The number of carbonyl (C=O) groups is 1. The van der Waals surface area contributed by atoms with E-state index in [0.717, 1.165) is 16.9 Å². The first-order valence-corrected chi connectivity index (χ1v) is 11.5. The van der Waals surface area contributed by atoms with Crippen molar-refractivity contribution in [2.75, 3.05) is 5.32 Å². The number of carbonyl (C=O) groups excluding carboxylic acids is 1. The molecule has 0 aliphatic rings. The first-order valence-electron chi connectivity index (χ1n) is 10.6. The van der Waals surface area contributed by atoms with Gasteiger partial charge in [0.25, 0.3) is 5.91 Å². The average molecular weight is 491 g/mol. The van der Waals surface area contributed by atoms with Crippen molar-refractivity contribution >= 4 is 32.9 Å². The molecule has 0 spiro atoms. The molecule has 0 saturated heterocycles. The van der Waals surface area contributed by atoms with E-state index in [1.165, 1.54) is 18.3 Å². The SMILES string of the molecule is C#Cc1cccc(F)c1-c1cc(C)ncc1C(=O)Nc1nc2ncc(-c3ccc(C#N)cc3)nc2s1. The number of fused-ring (bicyclic) bond motifs is 1. The highest BCUT2D eigenvalue weighted by molar-refractivity contribution is 7.21. The first-order chi connectivity index (χ1) is 17.5. The number of benzene rings is 2. The quantitative estimate of drug-likeness (QED) is 0.340. The largest absolute Gasteiger partial charge is 0.298 e. The Balaban J connectivity index is 1.48. The summed E-state index contributed by atoms with van der Waals surface area (Å²) in [6, 6.07) is 15.1. The molecule has 3 heterocycles. The maximum atomic E-state index is 14.8. The van der Waals surface area contributed by atoms with Crippen molar-refractivity contribution in [3.8, 4) is 40.8 Å². The molecule has 0 saturated carbocycles. The Morgan fingerprint density at radius 2 is 1.92 bits per heavy atom. The lowest BCUT2D eigenvalue weighted by atomic mass is 9.95. The number of nitrogens with zero attached hydrogens (tertiary/aromatic N) is 5. The van der Waals surface area contributed by atoms with Crippen molar-refractivity contribution in [2.45, 2.75) is 6.92 Å². The molecule has 2 aromatic carbocycles. The molecule has 0 atom stereocenters. The summed E-state index contributed by atoms with van der Waals surface area (Å²) in [6.07, 6.45) is 8.56. The topological polar surface area (TPSA) is 104 Å². The van der Waals surface area contributed by atoms with E-state index in [1.54, 1.807) is 49.5 Å². The van der Waals surface area contributed by atoms with E-state index in [-0.39, 0.29) is 16.3 Å². The van der Waals surface area contributed by atoms with Crippen molar-refractivity contribution in [1.29, 1.82) is 5.26 Å². The number of amides is 1. The van der Waals surface area contributed by atoms with Crippen molar-refractivity contribution in [1.82, 2.24) is 19.9 Å². The van der Waals surface area contributed by atoms with E-state index in [2.05, 4.69) is 37.2 Å². The monoisotopic (exact) mass is 490 g/mol. The molecule has 5 aromatic rings. The third kappa shape index (κ3) is 4.27. The number of rotatable bonds is 4. The summed E-state index contributed by atoms with van der Waals surface area (Å²) < 4.78 is 14.8. The number of nitriles is 1. The van der Waals surface area contributed by atoms with Gasteiger partial charge in [-0.25, -0.2) is 14.4 Å². The van der Waals surface area contributed by atoms with E-state index in [1.807, 2.05) is 0 Å². The van der Waals surface area contributed by atoms with Crippen LogP contribution in [-0.2, 0) is 0 Å². The van der Waals surface area contributed by atoms with Crippen molar-refractivity contribution < 1.29 is 9.18 Å². The molecule has 0 aliphatic heterocycles. The normalized spacial score (nSPS) is 10.6. The molecule has 1 N–H and O–H groups in total. The Kier molecular flexibility index (Phi) is 5.91. The molecule has 0 aliphatic carbocycles. The van der Waals surface area contributed by atoms with E-state index in [4.69, 9.17) is 11.7 Å². The molecule has 0 unspecified atom stereocenters. The van der Waals surface area contributed by atoms with E-state index in [9.17, 15) is 9.18 Å². The van der Waals surface area contributed by atoms with E-state index < -0.39 is 11.7 Å². The number of anilines is 1. The molecule has 9 heteroatoms. The van der Waals surface area contributed by atoms with Gasteiger partial charge in [-0.05, 0) is 37.3 Å². The number of hydrogen-bond donors (Lipinski definition) is 1. The summed E-state index contributed by atoms with van der Waals surface area (Å²) >= 11 is 1.16. The second-order valence-electron chi connectivity index (χ2n) is 7.72. The molecular weight excluding hydrogens is 475 g/mol. The van der Waals surface area contributed by atoms with Crippen LogP contribution in [0, 0.1) is 36.4 Å². The van der Waals surface area contributed by atoms with E-state index in [0.29, 0.717) is 38.6 Å². The maximum absolute atomic E-state index is 14.8. The third-order valence-corrected chi connectivity index (χ3v) is 6.23. The molecule has 3 aromatic heterocycles. The van der Waals surface area contributed by atoms with Crippen LogP contribution < -0.4 is 5.32 Å². The number of hydrogen-bond acceptors (Lipinski definition) is 7. The number of nitrogens with one attached hydrogen (secondary N) is 1. The molecule has 0 bridgehead atoms. The lowest BCUT2D eigenvalue weighted by Gasteiger charge is -2.12.